The first kappa shape index (κ1) is 8.30. The fourth-order valence-electron chi connectivity index (χ4n) is 2.30. The van der Waals surface area contributed by atoms with Gasteiger partial charge in [-0.3, -0.25) is 4.79 Å². The Labute approximate surface area is 86.8 Å². The highest BCUT2D eigenvalue weighted by Crippen LogP contribution is 2.58. The molecule has 1 heterocycles. The van der Waals surface area contributed by atoms with Crippen molar-refractivity contribution in [1.82, 2.24) is 0 Å². The summed E-state index contributed by atoms with van der Waals surface area (Å²) in [6.45, 7) is 0.585. The van der Waals surface area contributed by atoms with Crippen molar-refractivity contribution in [2.45, 2.75) is 11.8 Å². The molecule has 0 amide bonds. The van der Waals surface area contributed by atoms with Crippen LogP contribution in [0.5, 0.6) is 0 Å². The zero-order valence-electron chi connectivity index (χ0n) is 7.50. The second kappa shape index (κ2) is 2.51. The van der Waals surface area contributed by atoms with Gasteiger partial charge in [0.25, 0.3) is 0 Å². The van der Waals surface area contributed by atoms with Crippen LogP contribution in [0.25, 0.3) is 0 Å². The number of fused-ring (bicyclic) bond motifs is 1. The third-order valence-electron chi connectivity index (χ3n) is 3.24. The standard InChI is InChI=1S/C11H9ClO2/c12-9-3-1-7(2-4-9)11-5-8(11)6-14-10(11)13/h1-4,8H,5-6H2/t8-,11+/m0/s1. The van der Waals surface area contributed by atoms with Gasteiger partial charge in [-0.25, -0.2) is 0 Å². The molecule has 0 N–H and O–H groups in total. The first-order chi connectivity index (χ1) is 6.73. The van der Waals surface area contributed by atoms with Gasteiger partial charge in [0.1, 0.15) is 0 Å². The largest absolute Gasteiger partial charge is 0.465 e. The number of rotatable bonds is 1. The van der Waals surface area contributed by atoms with E-state index >= 15 is 0 Å². The van der Waals surface area contributed by atoms with Crippen LogP contribution in [-0.2, 0) is 14.9 Å². The van der Waals surface area contributed by atoms with Crippen molar-refractivity contribution >= 4 is 17.6 Å². The quantitative estimate of drug-likeness (QED) is 0.661. The molecule has 1 saturated carbocycles. The lowest BCUT2D eigenvalue weighted by molar-refractivity contribution is -0.142. The van der Waals surface area contributed by atoms with Crippen LogP contribution in [0.3, 0.4) is 0 Å². The Kier molecular flexibility index (Phi) is 1.49. The van der Waals surface area contributed by atoms with Gasteiger partial charge in [0.2, 0.25) is 0 Å². The normalized spacial score (nSPS) is 33.8. The molecule has 0 aromatic heterocycles. The lowest BCUT2D eigenvalue weighted by atomic mass is 9.95. The average molecular weight is 209 g/mol. The summed E-state index contributed by atoms with van der Waals surface area (Å²) in [6, 6.07) is 7.50. The zero-order valence-corrected chi connectivity index (χ0v) is 8.25. The molecule has 1 aromatic carbocycles. The minimum absolute atomic E-state index is 0.0650. The molecule has 0 bridgehead atoms. The van der Waals surface area contributed by atoms with Crippen molar-refractivity contribution in [2.24, 2.45) is 5.92 Å². The summed E-state index contributed by atoms with van der Waals surface area (Å²) >= 11 is 5.80. The molecule has 0 spiro atoms. The van der Waals surface area contributed by atoms with Crippen molar-refractivity contribution < 1.29 is 9.53 Å². The van der Waals surface area contributed by atoms with E-state index in [2.05, 4.69) is 0 Å². The maximum absolute atomic E-state index is 11.6. The van der Waals surface area contributed by atoms with Crippen LogP contribution in [0, 0.1) is 5.92 Å². The Morgan fingerprint density at radius 3 is 2.57 bits per heavy atom. The molecule has 1 aliphatic heterocycles. The van der Waals surface area contributed by atoms with Gasteiger partial charge in [-0.2, -0.15) is 0 Å². The Hall–Kier alpha value is -1.02. The smallest absolute Gasteiger partial charge is 0.317 e. The Morgan fingerprint density at radius 2 is 2.07 bits per heavy atom. The summed E-state index contributed by atoms with van der Waals surface area (Å²) in [7, 11) is 0. The molecule has 0 unspecified atom stereocenters. The van der Waals surface area contributed by atoms with Gasteiger partial charge in [-0.05, 0) is 24.1 Å². The predicted molar refractivity (Wildman–Crippen MR) is 52.2 cm³/mol. The van der Waals surface area contributed by atoms with Crippen LogP contribution >= 0.6 is 11.6 Å². The lowest BCUT2D eigenvalue weighted by Crippen LogP contribution is -2.18. The second-order valence-electron chi connectivity index (χ2n) is 3.98. The predicted octanol–water partition coefficient (Wildman–Crippen LogP) is 2.15. The monoisotopic (exact) mass is 208 g/mol. The van der Waals surface area contributed by atoms with Gasteiger partial charge in [0, 0.05) is 10.9 Å². The summed E-state index contributed by atoms with van der Waals surface area (Å²) in [5.41, 5.74) is 0.735. The minimum Gasteiger partial charge on any atom is -0.465 e. The van der Waals surface area contributed by atoms with Crippen molar-refractivity contribution in [3.8, 4) is 0 Å². The third kappa shape index (κ3) is 0.894. The number of cyclic esters (lactones) is 1. The van der Waals surface area contributed by atoms with E-state index in [0.29, 0.717) is 17.5 Å². The summed E-state index contributed by atoms with van der Waals surface area (Å²) < 4.78 is 5.03. The van der Waals surface area contributed by atoms with Crippen LogP contribution in [0.1, 0.15) is 12.0 Å². The third-order valence-corrected chi connectivity index (χ3v) is 3.50. The number of halogens is 1. The van der Waals surface area contributed by atoms with E-state index in [9.17, 15) is 4.79 Å². The van der Waals surface area contributed by atoms with E-state index in [1.807, 2.05) is 24.3 Å². The Morgan fingerprint density at radius 1 is 1.36 bits per heavy atom. The number of hydrogen-bond acceptors (Lipinski definition) is 2. The van der Waals surface area contributed by atoms with Crippen LogP contribution < -0.4 is 0 Å². The average Bonchev–Trinajstić information content (AvgIpc) is 2.84. The number of carbonyl (C=O) groups is 1. The SMILES string of the molecule is O=C1OC[C@@H]2C[C@]12c1ccc(Cl)cc1. The number of ether oxygens (including phenoxy) is 1. The van der Waals surface area contributed by atoms with Gasteiger partial charge in [-0.15, -0.1) is 0 Å². The first-order valence-electron chi connectivity index (χ1n) is 4.67. The molecule has 3 heteroatoms. The fraction of sp³-hybridized carbons (Fsp3) is 0.364. The highest BCUT2D eigenvalue weighted by molar-refractivity contribution is 6.30. The highest BCUT2D eigenvalue weighted by atomic mass is 35.5. The molecule has 2 aliphatic rings. The van der Waals surface area contributed by atoms with Crippen molar-refractivity contribution in [3.63, 3.8) is 0 Å². The lowest BCUT2D eigenvalue weighted by Gasteiger charge is -2.08. The number of esters is 1. The van der Waals surface area contributed by atoms with Gasteiger partial charge < -0.3 is 4.74 Å². The highest BCUT2D eigenvalue weighted by Gasteiger charge is 2.66. The van der Waals surface area contributed by atoms with Crippen molar-refractivity contribution in [3.05, 3.63) is 34.9 Å². The topological polar surface area (TPSA) is 26.3 Å². The van der Waals surface area contributed by atoms with Gasteiger partial charge in [0.05, 0.1) is 12.0 Å². The van der Waals surface area contributed by atoms with Crippen LogP contribution in [0.2, 0.25) is 5.02 Å². The minimum atomic E-state index is -0.315. The molecule has 2 nitrogen and oxygen atoms in total. The number of carbonyl (C=O) groups excluding carboxylic acids is 1. The molecule has 1 aliphatic carbocycles. The molecule has 14 heavy (non-hydrogen) atoms. The molecule has 2 atom stereocenters. The molecule has 2 fully saturated rings. The summed E-state index contributed by atoms with van der Waals surface area (Å²) in [4.78, 5) is 11.6. The van der Waals surface area contributed by atoms with Gasteiger partial charge in [-0.1, -0.05) is 23.7 Å². The van der Waals surface area contributed by atoms with Crippen molar-refractivity contribution in [1.29, 1.82) is 0 Å². The van der Waals surface area contributed by atoms with Crippen LogP contribution in [0.15, 0.2) is 24.3 Å². The van der Waals surface area contributed by atoms with E-state index in [0.717, 1.165) is 12.0 Å². The van der Waals surface area contributed by atoms with E-state index in [4.69, 9.17) is 16.3 Å². The molecular formula is C11H9ClO2. The van der Waals surface area contributed by atoms with Gasteiger partial charge >= 0.3 is 5.97 Å². The van der Waals surface area contributed by atoms with Gasteiger partial charge in [0.15, 0.2) is 0 Å². The summed E-state index contributed by atoms with van der Waals surface area (Å²) in [6.07, 6.45) is 0.938. The molecule has 3 rings (SSSR count). The molecule has 0 radical (unpaired) electrons. The van der Waals surface area contributed by atoms with E-state index in [1.165, 1.54) is 0 Å². The van der Waals surface area contributed by atoms with E-state index in [-0.39, 0.29) is 11.4 Å². The Balaban J connectivity index is 2.04. The molecular weight excluding hydrogens is 200 g/mol. The summed E-state index contributed by atoms with van der Waals surface area (Å²) in [5, 5.41) is 0.703. The number of benzene rings is 1. The Bertz CT molecular complexity index is 398. The van der Waals surface area contributed by atoms with Crippen LogP contribution in [-0.4, -0.2) is 12.6 Å². The summed E-state index contributed by atoms with van der Waals surface area (Å²) in [5.74, 6) is 0.334. The van der Waals surface area contributed by atoms with Crippen LogP contribution in [0.4, 0.5) is 0 Å². The van der Waals surface area contributed by atoms with E-state index < -0.39 is 0 Å². The molecule has 1 aromatic rings. The first-order valence-corrected chi connectivity index (χ1v) is 5.04. The maximum atomic E-state index is 11.6. The fourth-order valence-corrected chi connectivity index (χ4v) is 2.43. The number of hydrogen-bond donors (Lipinski definition) is 0. The second-order valence-corrected chi connectivity index (χ2v) is 4.41. The molecule has 72 valence electrons. The van der Waals surface area contributed by atoms with E-state index in [1.54, 1.807) is 0 Å². The molecule has 1 saturated heterocycles. The zero-order chi connectivity index (χ0) is 9.76. The van der Waals surface area contributed by atoms with Crippen molar-refractivity contribution in [2.75, 3.05) is 6.61 Å². The maximum Gasteiger partial charge on any atom is 0.317 e.